The van der Waals surface area contributed by atoms with Gasteiger partial charge in [0.2, 0.25) is 0 Å². The minimum Gasteiger partial charge on any atom is -0.388 e. The molecule has 0 saturated heterocycles. The summed E-state index contributed by atoms with van der Waals surface area (Å²) in [6.07, 6.45) is -0.530. The van der Waals surface area contributed by atoms with Crippen LogP contribution in [0.3, 0.4) is 0 Å². The lowest BCUT2D eigenvalue weighted by Gasteiger charge is -2.10. The van der Waals surface area contributed by atoms with Gasteiger partial charge < -0.3 is 10.1 Å². The van der Waals surface area contributed by atoms with E-state index in [-0.39, 0.29) is 5.56 Å². The molecule has 0 bridgehead atoms. The molecule has 0 amide bonds. The van der Waals surface area contributed by atoms with Crippen LogP contribution in [0.5, 0.6) is 0 Å². The SMILES string of the molecule is O=c1[nH]c(CSCC(O)c2ccccc2)nc2scc(-c3ccccc3)c12. The molecule has 6 heteroatoms. The second-order valence-corrected chi connectivity index (χ2v) is 8.04. The Bertz CT molecular complexity index is 1090. The molecule has 4 rings (SSSR count). The fourth-order valence-electron chi connectivity index (χ4n) is 2.93. The van der Waals surface area contributed by atoms with Crippen molar-refractivity contribution in [2.75, 3.05) is 5.75 Å². The number of aromatic nitrogens is 2. The maximum atomic E-state index is 12.6. The quantitative estimate of drug-likeness (QED) is 0.501. The largest absolute Gasteiger partial charge is 0.388 e. The first kappa shape index (κ1) is 18.0. The van der Waals surface area contributed by atoms with Crippen molar-refractivity contribution in [3.05, 3.63) is 87.8 Å². The molecule has 27 heavy (non-hydrogen) atoms. The summed E-state index contributed by atoms with van der Waals surface area (Å²) in [6, 6.07) is 19.5. The number of benzene rings is 2. The van der Waals surface area contributed by atoms with E-state index < -0.39 is 6.10 Å². The highest BCUT2D eigenvalue weighted by atomic mass is 32.2. The number of rotatable bonds is 6. The molecular formula is C21H18N2O2S2. The number of fused-ring (bicyclic) bond motifs is 1. The average Bonchev–Trinajstić information content (AvgIpc) is 3.14. The van der Waals surface area contributed by atoms with E-state index >= 15 is 0 Å². The Balaban J connectivity index is 1.50. The highest BCUT2D eigenvalue weighted by Crippen LogP contribution is 2.30. The lowest BCUT2D eigenvalue weighted by molar-refractivity contribution is 0.204. The van der Waals surface area contributed by atoms with Crippen molar-refractivity contribution < 1.29 is 5.11 Å². The van der Waals surface area contributed by atoms with Crippen molar-refractivity contribution in [3.63, 3.8) is 0 Å². The van der Waals surface area contributed by atoms with Crippen LogP contribution >= 0.6 is 23.1 Å². The van der Waals surface area contributed by atoms with Gasteiger partial charge in [0.25, 0.3) is 5.56 Å². The van der Waals surface area contributed by atoms with Crippen LogP contribution in [-0.4, -0.2) is 20.8 Å². The first-order valence-electron chi connectivity index (χ1n) is 8.59. The van der Waals surface area contributed by atoms with Crippen LogP contribution in [-0.2, 0) is 5.75 Å². The molecule has 0 spiro atoms. The van der Waals surface area contributed by atoms with E-state index in [1.165, 1.54) is 11.3 Å². The highest BCUT2D eigenvalue weighted by molar-refractivity contribution is 7.98. The van der Waals surface area contributed by atoms with E-state index in [0.29, 0.717) is 22.7 Å². The molecule has 2 aromatic carbocycles. The maximum absolute atomic E-state index is 12.6. The van der Waals surface area contributed by atoms with E-state index in [9.17, 15) is 9.90 Å². The standard InChI is InChI=1S/C21H18N2O2S2/c24-17(15-9-5-2-6-10-15)12-26-13-18-22-20(25)19-16(11-27-21(19)23-18)14-7-3-1-4-8-14/h1-11,17,24H,12-13H2,(H,22,23,25). The normalized spacial score (nSPS) is 12.3. The Labute approximate surface area is 164 Å². The first-order chi connectivity index (χ1) is 13.2. The summed E-state index contributed by atoms with van der Waals surface area (Å²) < 4.78 is 0. The van der Waals surface area contributed by atoms with Gasteiger partial charge in [-0.3, -0.25) is 4.79 Å². The molecule has 4 aromatic rings. The Morgan fingerprint density at radius 1 is 1.07 bits per heavy atom. The third-order valence-electron chi connectivity index (χ3n) is 4.28. The number of hydrogen-bond donors (Lipinski definition) is 2. The summed E-state index contributed by atoms with van der Waals surface area (Å²) in [5, 5.41) is 12.9. The molecule has 0 radical (unpaired) electrons. The summed E-state index contributed by atoms with van der Waals surface area (Å²) in [5.41, 5.74) is 2.72. The number of thiophene rings is 1. The van der Waals surface area contributed by atoms with Gasteiger partial charge in [0, 0.05) is 16.7 Å². The van der Waals surface area contributed by atoms with Gasteiger partial charge in [-0.05, 0) is 11.1 Å². The molecular weight excluding hydrogens is 376 g/mol. The topological polar surface area (TPSA) is 66.0 Å². The van der Waals surface area contributed by atoms with Crippen LogP contribution in [0.4, 0.5) is 0 Å². The van der Waals surface area contributed by atoms with Crippen LogP contribution in [0, 0.1) is 0 Å². The van der Waals surface area contributed by atoms with E-state index in [0.717, 1.165) is 21.5 Å². The van der Waals surface area contributed by atoms with E-state index in [1.54, 1.807) is 11.8 Å². The molecule has 0 aliphatic rings. The number of nitrogens with one attached hydrogen (secondary N) is 1. The van der Waals surface area contributed by atoms with Crippen LogP contribution in [0.2, 0.25) is 0 Å². The van der Waals surface area contributed by atoms with Gasteiger partial charge in [-0.15, -0.1) is 11.3 Å². The maximum Gasteiger partial charge on any atom is 0.260 e. The minimum absolute atomic E-state index is 0.112. The van der Waals surface area contributed by atoms with E-state index in [2.05, 4.69) is 9.97 Å². The summed E-state index contributed by atoms with van der Waals surface area (Å²) in [4.78, 5) is 20.9. The molecule has 0 saturated carbocycles. The number of aliphatic hydroxyl groups is 1. The second-order valence-electron chi connectivity index (χ2n) is 6.15. The smallest absolute Gasteiger partial charge is 0.260 e. The van der Waals surface area contributed by atoms with Crippen molar-refractivity contribution in [2.24, 2.45) is 0 Å². The first-order valence-corrected chi connectivity index (χ1v) is 10.6. The van der Waals surface area contributed by atoms with Crippen molar-refractivity contribution in [2.45, 2.75) is 11.9 Å². The van der Waals surface area contributed by atoms with Gasteiger partial charge in [-0.2, -0.15) is 11.8 Å². The number of thioether (sulfide) groups is 1. The zero-order valence-electron chi connectivity index (χ0n) is 14.5. The van der Waals surface area contributed by atoms with Gasteiger partial charge in [0.15, 0.2) is 0 Å². The monoisotopic (exact) mass is 394 g/mol. The fraction of sp³-hybridized carbons (Fsp3) is 0.143. The number of hydrogen-bond acceptors (Lipinski definition) is 5. The molecule has 0 aliphatic heterocycles. The summed E-state index contributed by atoms with van der Waals surface area (Å²) in [5.74, 6) is 1.73. The predicted octanol–water partition coefficient (Wildman–Crippen LogP) is 4.62. The number of aromatic amines is 1. The lowest BCUT2D eigenvalue weighted by Crippen LogP contribution is -2.11. The fourth-order valence-corrected chi connectivity index (χ4v) is 4.76. The lowest BCUT2D eigenvalue weighted by atomic mass is 10.1. The van der Waals surface area contributed by atoms with Gasteiger partial charge in [-0.25, -0.2) is 4.98 Å². The van der Waals surface area contributed by atoms with E-state index in [1.807, 2.05) is 66.0 Å². The predicted molar refractivity (Wildman–Crippen MR) is 113 cm³/mol. The third-order valence-corrected chi connectivity index (χ3v) is 6.18. The van der Waals surface area contributed by atoms with Gasteiger partial charge >= 0.3 is 0 Å². The number of aliphatic hydroxyl groups excluding tert-OH is 1. The second kappa shape index (κ2) is 8.08. The molecule has 1 unspecified atom stereocenters. The van der Waals surface area contributed by atoms with Crippen molar-refractivity contribution >= 4 is 33.3 Å². The Kier molecular flexibility index (Phi) is 5.38. The van der Waals surface area contributed by atoms with Gasteiger partial charge in [-0.1, -0.05) is 60.7 Å². The molecule has 4 nitrogen and oxygen atoms in total. The van der Waals surface area contributed by atoms with Gasteiger partial charge in [0.1, 0.15) is 10.7 Å². The number of H-pyrrole nitrogens is 1. The van der Waals surface area contributed by atoms with Crippen LogP contribution in [0.15, 0.2) is 70.8 Å². The van der Waals surface area contributed by atoms with Crippen LogP contribution < -0.4 is 5.56 Å². The molecule has 1 atom stereocenters. The Morgan fingerprint density at radius 3 is 2.52 bits per heavy atom. The van der Waals surface area contributed by atoms with Crippen molar-refractivity contribution in [1.29, 1.82) is 0 Å². The summed E-state index contributed by atoms with van der Waals surface area (Å²) in [7, 11) is 0. The highest BCUT2D eigenvalue weighted by Gasteiger charge is 2.13. The molecule has 2 aromatic heterocycles. The Morgan fingerprint density at radius 2 is 1.78 bits per heavy atom. The molecule has 2 heterocycles. The molecule has 2 N–H and O–H groups in total. The van der Waals surface area contributed by atoms with Crippen molar-refractivity contribution in [3.8, 4) is 11.1 Å². The zero-order chi connectivity index (χ0) is 18.6. The van der Waals surface area contributed by atoms with Crippen LogP contribution in [0.25, 0.3) is 21.3 Å². The van der Waals surface area contributed by atoms with Crippen molar-refractivity contribution in [1.82, 2.24) is 9.97 Å². The minimum atomic E-state index is -0.530. The molecule has 136 valence electrons. The third kappa shape index (κ3) is 3.98. The average molecular weight is 395 g/mol. The molecule has 0 fully saturated rings. The Hall–Kier alpha value is -2.41. The molecule has 0 aliphatic carbocycles. The summed E-state index contributed by atoms with van der Waals surface area (Å²) >= 11 is 3.04. The number of nitrogens with zero attached hydrogens (tertiary/aromatic N) is 1. The van der Waals surface area contributed by atoms with E-state index in [4.69, 9.17) is 0 Å². The zero-order valence-corrected chi connectivity index (χ0v) is 16.1. The van der Waals surface area contributed by atoms with Crippen LogP contribution in [0.1, 0.15) is 17.5 Å². The van der Waals surface area contributed by atoms with Gasteiger partial charge in [0.05, 0.1) is 17.2 Å². The summed E-state index contributed by atoms with van der Waals surface area (Å²) in [6.45, 7) is 0.